The number of rotatable bonds is 2. The molecule has 0 aliphatic heterocycles. The van der Waals surface area contributed by atoms with Crippen LogP contribution in [0.5, 0.6) is 11.5 Å². The summed E-state index contributed by atoms with van der Waals surface area (Å²) in [6, 6.07) is 3.80. The van der Waals surface area contributed by atoms with Crippen molar-refractivity contribution in [3.05, 3.63) is 21.7 Å². The topological polar surface area (TPSA) is 53.2 Å². The van der Waals surface area contributed by atoms with Gasteiger partial charge in [-0.25, -0.2) is 0 Å². The van der Waals surface area contributed by atoms with Crippen molar-refractivity contribution in [1.29, 1.82) is 5.26 Å². The zero-order chi connectivity index (χ0) is 10.7. The molecule has 0 fully saturated rings. The molecule has 1 aromatic carbocycles. The molecule has 0 aliphatic rings. The summed E-state index contributed by atoms with van der Waals surface area (Å²) in [4.78, 5) is 0. The lowest BCUT2D eigenvalue weighted by Gasteiger charge is -2.11. The van der Waals surface area contributed by atoms with Crippen LogP contribution < -0.4 is 4.74 Å². The molecule has 0 radical (unpaired) electrons. The minimum absolute atomic E-state index is 0.156. The van der Waals surface area contributed by atoms with Gasteiger partial charge in [-0.15, -0.1) is 0 Å². The van der Waals surface area contributed by atoms with Crippen LogP contribution in [-0.2, 0) is 6.42 Å². The molecule has 0 atom stereocenters. The molecule has 0 bridgehead atoms. The number of ether oxygens (including phenoxy) is 1. The summed E-state index contributed by atoms with van der Waals surface area (Å²) >= 11 is 3.23. The summed E-state index contributed by atoms with van der Waals surface area (Å²) in [6.45, 7) is 1.78. The van der Waals surface area contributed by atoms with E-state index in [-0.39, 0.29) is 12.2 Å². The van der Waals surface area contributed by atoms with Crippen LogP contribution in [0.4, 0.5) is 0 Å². The van der Waals surface area contributed by atoms with Crippen LogP contribution in [0.1, 0.15) is 11.1 Å². The Kier molecular flexibility index (Phi) is 3.37. The van der Waals surface area contributed by atoms with Gasteiger partial charge in [-0.2, -0.15) is 5.26 Å². The van der Waals surface area contributed by atoms with Gasteiger partial charge >= 0.3 is 0 Å². The van der Waals surface area contributed by atoms with Gasteiger partial charge in [0.25, 0.3) is 0 Å². The average Bonchev–Trinajstić information content (AvgIpc) is 2.16. The molecule has 1 aromatic rings. The van der Waals surface area contributed by atoms with Crippen molar-refractivity contribution < 1.29 is 9.84 Å². The predicted molar refractivity (Wildman–Crippen MR) is 56.4 cm³/mol. The lowest BCUT2D eigenvalue weighted by atomic mass is 10.1. The number of nitrogens with zero attached hydrogens (tertiary/aromatic N) is 1. The van der Waals surface area contributed by atoms with Crippen molar-refractivity contribution in [2.24, 2.45) is 0 Å². The van der Waals surface area contributed by atoms with Crippen LogP contribution >= 0.6 is 15.9 Å². The Morgan fingerprint density at radius 1 is 1.64 bits per heavy atom. The molecule has 0 unspecified atom stereocenters. The molecule has 0 aliphatic carbocycles. The predicted octanol–water partition coefficient (Wildman–Crippen LogP) is 2.54. The average molecular weight is 256 g/mol. The molecule has 1 rings (SSSR count). The Balaban J connectivity index is 3.37. The van der Waals surface area contributed by atoms with Gasteiger partial charge in [0.15, 0.2) is 0 Å². The van der Waals surface area contributed by atoms with Gasteiger partial charge in [0.1, 0.15) is 16.0 Å². The lowest BCUT2D eigenvalue weighted by molar-refractivity contribution is 0.399. The number of aryl methyl sites for hydroxylation is 1. The minimum Gasteiger partial charge on any atom is -0.506 e. The van der Waals surface area contributed by atoms with E-state index in [0.29, 0.717) is 10.2 Å². The molecule has 0 aromatic heterocycles. The second kappa shape index (κ2) is 4.34. The number of phenolic OH excluding ortho intramolecular Hbond substituents is 1. The molecule has 3 nitrogen and oxygen atoms in total. The van der Waals surface area contributed by atoms with E-state index in [0.717, 1.165) is 11.1 Å². The molecule has 0 heterocycles. The van der Waals surface area contributed by atoms with Crippen LogP contribution in [0.25, 0.3) is 0 Å². The highest BCUT2D eigenvalue weighted by molar-refractivity contribution is 9.10. The maximum Gasteiger partial charge on any atom is 0.141 e. The molecule has 0 saturated carbocycles. The van der Waals surface area contributed by atoms with Gasteiger partial charge in [0.2, 0.25) is 0 Å². The fourth-order valence-corrected chi connectivity index (χ4v) is 1.98. The van der Waals surface area contributed by atoms with E-state index in [1.807, 2.05) is 0 Å². The van der Waals surface area contributed by atoms with Crippen molar-refractivity contribution >= 4 is 15.9 Å². The maximum atomic E-state index is 9.60. The van der Waals surface area contributed by atoms with Gasteiger partial charge in [-0.3, -0.25) is 0 Å². The Hall–Kier alpha value is -1.21. The van der Waals surface area contributed by atoms with Crippen molar-refractivity contribution in [3.63, 3.8) is 0 Å². The number of hydrogen-bond acceptors (Lipinski definition) is 3. The number of hydrogen-bond donors (Lipinski definition) is 1. The summed E-state index contributed by atoms with van der Waals surface area (Å²) in [6.07, 6.45) is 0.267. The van der Waals surface area contributed by atoms with Gasteiger partial charge in [0, 0.05) is 5.56 Å². The van der Waals surface area contributed by atoms with E-state index < -0.39 is 0 Å². The van der Waals surface area contributed by atoms with Crippen LogP contribution in [0, 0.1) is 18.3 Å². The molecular weight excluding hydrogens is 246 g/mol. The van der Waals surface area contributed by atoms with E-state index >= 15 is 0 Å². The van der Waals surface area contributed by atoms with Crippen molar-refractivity contribution in [1.82, 2.24) is 0 Å². The normalized spacial score (nSPS) is 9.57. The zero-order valence-electron chi connectivity index (χ0n) is 7.97. The monoisotopic (exact) mass is 255 g/mol. The first-order valence-corrected chi connectivity index (χ1v) is 4.83. The number of benzene rings is 1. The van der Waals surface area contributed by atoms with E-state index in [2.05, 4.69) is 22.0 Å². The Morgan fingerprint density at radius 3 is 2.79 bits per heavy atom. The highest BCUT2D eigenvalue weighted by Crippen LogP contribution is 2.39. The van der Waals surface area contributed by atoms with Crippen LogP contribution in [0.15, 0.2) is 10.5 Å². The number of methoxy groups -OCH3 is 1. The van der Waals surface area contributed by atoms with Crippen LogP contribution in [0.3, 0.4) is 0 Å². The summed E-state index contributed by atoms with van der Waals surface area (Å²) in [5.41, 5.74) is 1.50. The third kappa shape index (κ3) is 1.83. The summed E-state index contributed by atoms with van der Waals surface area (Å²) in [7, 11) is 1.51. The molecule has 0 spiro atoms. The summed E-state index contributed by atoms with van der Waals surface area (Å²) in [5, 5.41) is 18.2. The van der Waals surface area contributed by atoms with Crippen LogP contribution in [-0.4, -0.2) is 12.2 Å². The number of phenols is 1. The third-order valence-electron chi connectivity index (χ3n) is 1.94. The Morgan fingerprint density at radius 2 is 2.29 bits per heavy atom. The summed E-state index contributed by atoms with van der Waals surface area (Å²) < 4.78 is 5.61. The third-order valence-corrected chi connectivity index (χ3v) is 2.67. The molecule has 14 heavy (non-hydrogen) atoms. The number of aromatic hydroxyl groups is 1. The Labute approximate surface area is 91.1 Å². The fourth-order valence-electron chi connectivity index (χ4n) is 1.25. The number of nitriles is 1. The van der Waals surface area contributed by atoms with Gasteiger partial charge in [-0.1, -0.05) is 0 Å². The van der Waals surface area contributed by atoms with Crippen molar-refractivity contribution in [3.8, 4) is 17.6 Å². The molecule has 74 valence electrons. The molecule has 0 amide bonds. The van der Waals surface area contributed by atoms with E-state index in [1.54, 1.807) is 13.0 Å². The smallest absolute Gasteiger partial charge is 0.141 e. The standard InChI is InChI=1S/C10H10BrNO2/c1-6-5-7(3-4-12)10(14-2)8(11)9(6)13/h5,13H,3H2,1-2H3. The van der Waals surface area contributed by atoms with Gasteiger partial charge < -0.3 is 9.84 Å². The van der Waals surface area contributed by atoms with Crippen molar-refractivity contribution in [2.45, 2.75) is 13.3 Å². The number of halogens is 1. The summed E-state index contributed by atoms with van der Waals surface area (Å²) in [5.74, 6) is 0.679. The second-order valence-electron chi connectivity index (χ2n) is 2.88. The first-order chi connectivity index (χ1) is 6.61. The minimum atomic E-state index is 0.156. The lowest BCUT2D eigenvalue weighted by Crippen LogP contribution is -1.94. The van der Waals surface area contributed by atoms with Gasteiger partial charge in [0.05, 0.1) is 19.6 Å². The molecule has 4 heteroatoms. The zero-order valence-corrected chi connectivity index (χ0v) is 9.55. The fraction of sp³-hybridized carbons (Fsp3) is 0.300. The van der Waals surface area contributed by atoms with Crippen molar-refractivity contribution in [2.75, 3.05) is 7.11 Å². The highest BCUT2D eigenvalue weighted by Gasteiger charge is 2.13. The first kappa shape index (κ1) is 10.9. The molecule has 0 saturated heterocycles. The first-order valence-electron chi connectivity index (χ1n) is 4.03. The van der Waals surface area contributed by atoms with Gasteiger partial charge in [-0.05, 0) is 34.5 Å². The highest BCUT2D eigenvalue weighted by atomic mass is 79.9. The maximum absolute atomic E-state index is 9.60. The largest absolute Gasteiger partial charge is 0.506 e. The van der Waals surface area contributed by atoms with E-state index in [1.165, 1.54) is 7.11 Å². The van der Waals surface area contributed by atoms with E-state index in [4.69, 9.17) is 10.00 Å². The second-order valence-corrected chi connectivity index (χ2v) is 3.68. The van der Waals surface area contributed by atoms with E-state index in [9.17, 15) is 5.11 Å². The SMILES string of the molecule is COc1c(CC#N)cc(C)c(O)c1Br. The molecular formula is C10H10BrNO2. The van der Waals surface area contributed by atoms with Crippen LogP contribution in [0.2, 0.25) is 0 Å². The quantitative estimate of drug-likeness (QED) is 0.884. The Bertz CT molecular complexity index is 396. The molecule has 1 N–H and O–H groups in total.